The number of aromatic nitrogens is 1. The maximum atomic E-state index is 12.1. The van der Waals surface area contributed by atoms with Gasteiger partial charge in [0.2, 0.25) is 0 Å². The zero-order valence-electron chi connectivity index (χ0n) is 9.48. The van der Waals surface area contributed by atoms with Crippen molar-refractivity contribution < 1.29 is 4.79 Å². The summed E-state index contributed by atoms with van der Waals surface area (Å²) in [5.41, 5.74) is 6.04. The second-order valence-electron chi connectivity index (χ2n) is 4.31. The molecule has 5 heteroatoms. The lowest BCUT2D eigenvalue weighted by Gasteiger charge is -2.29. The maximum Gasteiger partial charge on any atom is 0.273 e. The van der Waals surface area contributed by atoms with E-state index < -0.39 is 0 Å². The van der Waals surface area contributed by atoms with E-state index in [1.54, 1.807) is 0 Å². The Morgan fingerprint density at radius 3 is 2.88 bits per heavy atom. The van der Waals surface area contributed by atoms with Crippen LogP contribution >= 0.6 is 11.3 Å². The smallest absolute Gasteiger partial charge is 0.273 e. The van der Waals surface area contributed by atoms with Crippen molar-refractivity contribution in [3.63, 3.8) is 0 Å². The zero-order chi connectivity index (χ0) is 11.5. The van der Waals surface area contributed by atoms with Crippen LogP contribution in [0.3, 0.4) is 0 Å². The first-order chi connectivity index (χ1) is 7.70. The van der Waals surface area contributed by atoms with E-state index in [4.69, 9.17) is 5.73 Å². The number of nitrogens with two attached hydrogens (primary N) is 1. The van der Waals surface area contributed by atoms with Gasteiger partial charge in [-0.25, -0.2) is 4.98 Å². The molecule has 2 rings (SSSR count). The summed E-state index contributed by atoms with van der Waals surface area (Å²) in [6.07, 6.45) is 2.19. The van der Waals surface area contributed by atoms with E-state index in [1.165, 1.54) is 11.3 Å². The molecule has 0 atom stereocenters. The van der Waals surface area contributed by atoms with Gasteiger partial charge in [-0.05, 0) is 18.8 Å². The lowest BCUT2D eigenvalue weighted by atomic mass is 9.99. The van der Waals surface area contributed by atoms with E-state index in [9.17, 15) is 4.79 Å². The lowest BCUT2D eigenvalue weighted by Crippen LogP contribution is -2.38. The number of piperidine rings is 1. The Kier molecular flexibility index (Phi) is 3.56. The van der Waals surface area contributed by atoms with Crippen LogP contribution in [0.4, 0.5) is 0 Å². The Hall–Kier alpha value is -0.940. The minimum atomic E-state index is 0.0582. The fraction of sp³-hybridized carbons (Fsp3) is 0.636. The monoisotopic (exact) mass is 239 g/mol. The van der Waals surface area contributed by atoms with Gasteiger partial charge in [-0.2, -0.15) is 0 Å². The summed E-state index contributed by atoms with van der Waals surface area (Å²) in [5, 5.41) is 2.64. The number of likely N-dealkylation sites (tertiary alicyclic amines) is 1. The van der Waals surface area contributed by atoms with E-state index >= 15 is 0 Å². The number of hydrogen-bond acceptors (Lipinski definition) is 4. The predicted octanol–water partition coefficient (Wildman–Crippen LogP) is 1.47. The third-order valence-electron chi connectivity index (χ3n) is 3.02. The molecule has 1 aromatic heterocycles. The van der Waals surface area contributed by atoms with Crippen molar-refractivity contribution in [3.8, 4) is 0 Å². The summed E-state index contributed by atoms with van der Waals surface area (Å²) in [6, 6.07) is 0. The molecule has 1 amide bonds. The minimum Gasteiger partial charge on any atom is -0.337 e. The van der Waals surface area contributed by atoms with Gasteiger partial charge in [0.05, 0.1) is 0 Å². The molecule has 0 bridgehead atoms. The van der Waals surface area contributed by atoms with Crippen molar-refractivity contribution in [2.75, 3.05) is 13.1 Å². The van der Waals surface area contributed by atoms with Crippen LogP contribution in [-0.4, -0.2) is 28.9 Å². The average molecular weight is 239 g/mol. The molecule has 0 radical (unpaired) electrons. The Morgan fingerprint density at radius 2 is 2.31 bits per heavy atom. The highest BCUT2D eigenvalue weighted by Gasteiger charge is 2.22. The summed E-state index contributed by atoms with van der Waals surface area (Å²) in [6.45, 7) is 4.36. The van der Waals surface area contributed by atoms with Crippen molar-refractivity contribution in [3.05, 3.63) is 16.1 Å². The van der Waals surface area contributed by atoms with Crippen LogP contribution < -0.4 is 5.73 Å². The van der Waals surface area contributed by atoms with Gasteiger partial charge >= 0.3 is 0 Å². The Morgan fingerprint density at radius 1 is 1.62 bits per heavy atom. The molecule has 1 aliphatic heterocycles. The molecule has 1 saturated heterocycles. The van der Waals surface area contributed by atoms with Gasteiger partial charge in [0, 0.05) is 25.0 Å². The second-order valence-corrected chi connectivity index (χ2v) is 5.25. The fourth-order valence-corrected chi connectivity index (χ4v) is 2.53. The molecule has 0 saturated carbocycles. The van der Waals surface area contributed by atoms with Gasteiger partial charge in [-0.15, -0.1) is 11.3 Å². The van der Waals surface area contributed by atoms with E-state index in [2.05, 4.69) is 11.9 Å². The van der Waals surface area contributed by atoms with Gasteiger partial charge in [0.25, 0.3) is 5.91 Å². The molecule has 4 nitrogen and oxygen atoms in total. The molecule has 16 heavy (non-hydrogen) atoms. The highest BCUT2D eigenvalue weighted by Crippen LogP contribution is 2.19. The molecular weight excluding hydrogens is 222 g/mol. The van der Waals surface area contributed by atoms with Gasteiger partial charge in [-0.3, -0.25) is 4.79 Å². The van der Waals surface area contributed by atoms with Crippen molar-refractivity contribution in [2.24, 2.45) is 11.7 Å². The van der Waals surface area contributed by atoms with Gasteiger partial charge in [-0.1, -0.05) is 6.92 Å². The number of nitrogens with zero attached hydrogens (tertiary/aromatic N) is 2. The second kappa shape index (κ2) is 4.93. The number of hydrogen-bond donors (Lipinski definition) is 1. The summed E-state index contributed by atoms with van der Waals surface area (Å²) in [7, 11) is 0. The summed E-state index contributed by atoms with van der Waals surface area (Å²) < 4.78 is 0. The van der Waals surface area contributed by atoms with Gasteiger partial charge < -0.3 is 10.6 Å². The third kappa shape index (κ3) is 2.41. The van der Waals surface area contributed by atoms with Crippen molar-refractivity contribution >= 4 is 17.2 Å². The summed E-state index contributed by atoms with van der Waals surface area (Å²) >= 11 is 1.46. The van der Waals surface area contributed by atoms with Crippen LogP contribution in [0.15, 0.2) is 5.38 Å². The lowest BCUT2D eigenvalue weighted by molar-refractivity contribution is 0.0692. The van der Waals surface area contributed by atoms with E-state index in [-0.39, 0.29) is 5.91 Å². The van der Waals surface area contributed by atoms with Crippen LogP contribution in [0.2, 0.25) is 0 Å². The molecule has 1 aliphatic rings. The van der Waals surface area contributed by atoms with E-state index in [0.717, 1.165) is 36.9 Å². The largest absolute Gasteiger partial charge is 0.337 e. The molecular formula is C11H17N3OS. The number of carbonyl (C=O) groups excluding carboxylic acids is 1. The molecule has 2 N–H and O–H groups in total. The fourth-order valence-electron chi connectivity index (χ4n) is 1.88. The van der Waals surface area contributed by atoms with Crippen LogP contribution in [0.5, 0.6) is 0 Å². The maximum absolute atomic E-state index is 12.1. The normalized spacial score (nSPS) is 17.8. The predicted molar refractivity (Wildman–Crippen MR) is 64.3 cm³/mol. The topological polar surface area (TPSA) is 59.2 Å². The molecule has 0 aliphatic carbocycles. The van der Waals surface area contributed by atoms with Gasteiger partial charge in [0.1, 0.15) is 10.7 Å². The first kappa shape index (κ1) is 11.5. The molecule has 0 aromatic carbocycles. The minimum absolute atomic E-state index is 0.0582. The number of amides is 1. The Labute approximate surface area is 99.5 Å². The van der Waals surface area contributed by atoms with Crippen molar-refractivity contribution in [1.82, 2.24) is 9.88 Å². The number of thiazole rings is 1. The first-order valence-electron chi connectivity index (χ1n) is 5.64. The Bertz CT molecular complexity index is 369. The summed E-state index contributed by atoms with van der Waals surface area (Å²) in [4.78, 5) is 18.2. The van der Waals surface area contributed by atoms with E-state index in [0.29, 0.717) is 12.2 Å². The zero-order valence-corrected chi connectivity index (χ0v) is 10.3. The molecule has 88 valence electrons. The highest BCUT2D eigenvalue weighted by atomic mass is 32.1. The summed E-state index contributed by atoms with van der Waals surface area (Å²) in [5.74, 6) is 0.793. The first-order valence-corrected chi connectivity index (χ1v) is 6.52. The SMILES string of the molecule is CC1CCN(C(=O)c2csc(CN)n2)CC1. The molecule has 1 aromatic rings. The third-order valence-corrected chi connectivity index (χ3v) is 3.89. The standard InChI is InChI=1S/C11H17N3OS/c1-8-2-4-14(5-3-8)11(15)9-7-16-10(6-12)13-9/h7-8H,2-6,12H2,1H3. The van der Waals surface area contributed by atoms with Crippen molar-refractivity contribution in [1.29, 1.82) is 0 Å². The van der Waals surface area contributed by atoms with E-state index in [1.807, 2.05) is 10.3 Å². The molecule has 1 fully saturated rings. The number of rotatable bonds is 2. The average Bonchev–Trinajstić information content (AvgIpc) is 2.77. The van der Waals surface area contributed by atoms with Gasteiger partial charge in [0.15, 0.2) is 0 Å². The van der Waals surface area contributed by atoms with Crippen LogP contribution in [0.25, 0.3) is 0 Å². The van der Waals surface area contributed by atoms with Crippen LogP contribution in [0.1, 0.15) is 35.3 Å². The Balaban J connectivity index is 2.01. The molecule has 0 unspecified atom stereocenters. The van der Waals surface area contributed by atoms with Crippen LogP contribution in [-0.2, 0) is 6.54 Å². The quantitative estimate of drug-likeness (QED) is 0.850. The number of carbonyl (C=O) groups is 1. The highest BCUT2D eigenvalue weighted by molar-refractivity contribution is 7.09. The van der Waals surface area contributed by atoms with Crippen molar-refractivity contribution in [2.45, 2.75) is 26.3 Å². The molecule has 2 heterocycles. The molecule has 0 spiro atoms. The van der Waals surface area contributed by atoms with Crippen LogP contribution in [0, 0.1) is 5.92 Å².